The maximum absolute atomic E-state index is 12.0. The normalized spacial score (nSPS) is 15.9. The van der Waals surface area contributed by atoms with Crippen molar-refractivity contribution in [2.24, 2.45) is 5.73 Å². The number of nitrogen functional groups attached to an aromatic ring is 1. The number of hydrogen-bond acceptors (Lipinski definition) is 6. The first-order valence-electron chi connectivity index (χ1n) is 6.69. The van der Waals surface area contributed by atoms with E-state index in [2.05, 4.69) is 16.3 Å². The number of carbonyl (C=O) groups is 1. The molecule has 0 atom stereocenters. The summed E-state index contributed by atoms with van der Waals surface area (Å²) in [5.74, 6) is -0.216. The molecule has 5 N–H and O–H groups in total. The lowest BCUT2D eigenvalue weighted by Gasteiger charge is -2.31. The van der Waals surface area contributed by atoms with Crippen molar-refractivity contribution in [1.29, 1.82) is 5.26 Å². The van der Waals surface area contributed by atoms with Gasteiger partial charge < -0.3 is 21.7 Å². The first-order valence-corrected chi connectivity index (χ1v) is 7.51. The SMILES string of the molecule is CCNC(=O)c1sc(N2CCC(N)CC2)c(C#N)c1N. The fourth-order valence-corrected chi connectivity index (χ4v) is 3.41. The Morgan fingerprint density at radius 3 is 2.75 bits per heavy atom. The highest BCUT2D eigenvalue weighted by molar-refractivity contribution is 7.19. The smallest absolute Gasteiger partial charge is 0.263 e. The topological polar surface area (TPSA) is 108 Å². The molecule has 1 aliphatic heterocycles. The minimum absolute atomic E-state index is 0.216. The van der Waals surface area contributed by atoms with Gasteiger partial charge in [-0.05, 0) is 19.8 Å². The molecule has 20 heavy (non-hydrogen) atoms. The van der Waals surface area contributed by atoms with Crippen molar-refractivity contribution in [1.82, 2.24) is 5.32 Å². The number of amides is 1. The van der Waals surface area contributed by atoms with E-state index in [1.807, 2.05) is 6.92 Å². The van der Waals surface area contributed by atoms with Gasteiger partial charge in [-0.25, -0.2) is 0 Å². The number of nitrogens with one attached hydrogen (secondary N) is 1. The van der Waals surface area contributed by atoms with Crippen molar-refractivity contribution in [3.63, 3.8) is 0 Å². The third kappa shape index (κ3) is 2.71. The Morgan fingerprint density at radius 1 is 1.55 bits per heavy atom. The maximum Gasteiger partial charge on any atom is 0.263 e. The van der Waals surface area contributed by atoms with Gasteiger partial charge in [0, 0.05) is 25.7 Å². The number of thiophene rings is 1. The maximum atomic E-state index is 12.0. The number of nitriles is 1. The predicted octanol–water partition coefficient (Wildman–Crippen LogP) is 0.879. The van der Waals surface area contributed by atoms with Crippen LogP contribution in [0.15, 0.2) is 0 Å². The van der Waals surface area contributed by atoms with Crippen molar-refractivity contribution < 1.29 is 4.79 Å². The molecule has 1 aliphatic rings. The van der Waals surface area contributed by atoms with Crippen LogP contribution in [0.3, 0.4) is 0 Å². The van der Waals surface area contributed by atoms with E-state index in [1.54, 1.807) is 0 Å². The Labute approximate surface area is 122 Å². The molecule has 0 unspecified atom stereocenters. The standard InChI is InChI=1S/C13H19N5OS/c1-2-17-12(19)11-10(16)9(7-14)13(20-11)18-5-3-8(15)4-6-18/h8H,2-6,15-16H2,1H3,(H,17,19). The largest absolute Gasteiger partial charge is 0.396 e. The molecule has 1 fully saturated rings. The molecule has 1 aromatic heterocycles. The average Bonchev–Trinajstić information content (AvgIpc) is 2.77. The number of hydrogen-bond donors (Lipinski definition) is 3. The number of rotatable bonds is 3. The quantitative estimate of drug-likeness (QED) is 0.766. The van der Waals surface area contributed by atoms with Crippen molar-refractivity contribution >= 4 is 27.9 Å². The zero-order valence-corrected chi connectivity index (χ0v) is 12.3. The van der Waals surface area contributed by atoms with Gasteiger partial charge in [0.2, 0.25) is 0 Å². The number of piperidine rings is 1. The summed E-state index contributed by atoms with van der Waals surface area (Å²) in [5.41, 5.74) is 12.5. The lowest BCUT2D eigenvalue weighted by Crippen LogP contribution is -2.39. The number of nitrogens with zero attached hydrogens (tertiary/aromatic N) is 2. The first kappa shape index (κ1) is 14.6. The lowest BCUT2D eigenvalue weighted by atomic mass is 10.1. The number of nitrogens with two attached hydrogens (primary N) is 2. The van der Waals surface area contributed by atoms with Gasteiger partial charge in [-0.15, -0.1) is 11.3 Å². The van der Waals surface area contributed by atoms with Crippen molar-refractivity contribution in [2.45, 2.75) is 25.8 Å². The van der Waals surface area contributed by atoms with Crippen molar-refractivity contribution in [3.05, 3.63) is 10.4 Å². The molecular formula is C13H19N5OS. The van der Waals surface area contributed by atoms with Gasteiger partial charge in [-0.1, -0.05) is 0 Å². The van der Waals surface area contributed by atoms with Gasteiger partial charge in [0.15, 0.2) is 0 Å². The molecule has 6 nitrogen and oxygen atoms in total. The van der Waals surface area contributed by atoms with E-state index in [4.69, 9.17) is 11.5 Å². The van der Waals surface area contributed by atoms with Crippen LogP contribution in [0, 0.1) is 11.3 Å². The van der Waals surface area contributed by atoms with E-state index in [0.29, 0.717) is 17.0 Å². The summed E-state index contributed by atoms with van der Waals surface area (Å²) in [6, 6.07) is 2.34. The predicted molar refractivity (Wildman–Crippen MR) is 80.9 cm³/mol. The van der Waals surface area contributed by atoms with E-state index >= 15 is 0 Å². The molecule has 2 heterocycles. The molecule has 0 saturated carbocycles. The van der Waals surface area contributed by atoms with Crippen LogP contribution in [0.5, 0.6) is 0 Å². The highest BCUT2D eigenvalue weighted by Crippen LogP contribution is 2.38. The Kier molecular flexibility index (Phi) is 4.47. The van der Waals surface area contributed by atoms with Crippen molar-refractivity contribution in [3.8, 4) is 6.07 Å². The Hall–Kier alpha value is -1.78. The Bertz CT molecular complexity index is 540. The van der Waals surface area contributed by atoms with E-state index < -0.39 is 0 Å². The second-order valence-corrected chi connectivity index (χ2v) is 5.82. The Balaban J connectivity index is 2.31. The van der Waals surface area contributed by atoms with E-state index in [-0.39, 0.29) is 17.6 Å². The lowest BCUT2D eigenvalue weighted by molar-refractivity contribution is 0.0960. The fraction of sp³-hybridized carbons (Fsp3) is 0.538. The van der Waals surface area contributed by atoms with Gasteiger partial charge in [0.25, 0.3) is 5.91 Å². The summed E-state index contributed by atoms with van der Waals surface area (Å²) in [4.78, 5) is 14.5. The second-order valence-electron chi connectivity index (χ2n) is 4.82. The van der Waals surface area contributed by atoms with Crippen LogP contribution in [-0.2, 0) is 0 Å². The third-order valence-electron chi connectivity index (χ3n) is 3.41. The van der Waals surface area contributed by atoms with E-state index in [1.165, 1.54) is 11.3 Å². The van der Waals surface area contributed by atoms with Crippen molar-refractivity contribution in [2.75, 3.05) is 30.3 Å². The van der Waals surface area contributed by atoms with Crippen LogP contribution in [0.1, 0.15) is 35.0 Å². The summed E-state index contributed by atoms with van der Waals surface area (Å²) < 4.78 is 0. The molecule has 1 amide bonds. The summed E-state index contributed by atoms with van der Waals surface area (Å²) >= 11 is 1.29. The summed E-state index contributed by atoms with van der Waals surface area (Å²) in [6.07, 6.45) is 1.78. The number of anilines is 2. The molecule has 0 bridgehead atoms. The van der Waals surface area contributed by atoms with Gasteiger partial charge in [-0.2, -0.15) is 5.26 Å². The molecule has 1 aromatic rings. The van der Waals surface area contributed by atoms with E-state index in [0.717, 1.165) is 30.9 Å². The highest BCUT2D eigenvalue weighted by Gasteiger charge is 2.26. The van der Waals surface area contributed by atoms with Crippen LogP contribution >= 0.6 is 11.3 Å². The molecule has 1 saturated heterocycles. The first-order chi connectivity index (χ1) is 9.58. The molecule has 0 aliphatic carbocycles. The third-order valence-corrected chi connectivity index (χ3v) is 4.67. The monoisotopic (exact) mass is 293 g/mol. The van der Waals surface area contributed by atoms with E-state index in [9.17, 15) is 10.1 Å². The van der Waals surface area contributed by atoms with Crippen LogP contribution in [0.4, 0.5) is 10.7 Å². The van der Waals surface area contributed by atoms with Gasteiger partial charge in [0.1, 0.15) is 21.5 Å². The van der Waals surface area contributed by atoms with Gasteiger partial charge >= 0.3 is 0 Å². The zero-order valence-electron chi connectivity index (χ0n) is 11.5. The average molecular weight is 293 g/mol. The zero-order chi connectivity index (χ0) is 14.7. The molecule has 0 spiro atoms. The molecular weight excluding hydrogens is 274 g/mol. The van der Waals surface area contributed by atoms with Crippen LogP contribution in [-0.4, -0.2) is 31.6 Å². The summed E-state index contributed by atoms with van der Waals surface area (Å²) in [7, 11) is 0. The molecule has 0 radical (unpaired) electrons. The van der Waals surface area contributed by atoms with Crippen LogP contribution < -0.4 is 21.7 Å². The molecule has 0 aromatic carbocycles. The summed E-state index contributed by atoms with van der Waals surface area (Å²) in [5, 5.41) is 12.8. The fourth-order valence-electron chi connectivity index (χ4n) is 2.27. The molecule has 7 heteroatoms. The Morgan fingerprint density at radius 2 is 2.20 bits per heavy atom. The minimum atomic E-state index is -0.216. The molecule has 108 valence electrons. The number of carbonyl (C=O) groups excluding carboxylic acids is 1. The minimum Gasteiger partial charge on any atom is -0.396 e. The highest BCUT2D eigenvalue weighted by atomic mass is 32.1. The van der Waals surface area contributed by atoms with Gasteiger partial charge in [0.05, 0.1) is 5.69 Å². The van der Waals surface area contributed by atoms with Crippen LogP contribution in [0.25, 0.3) is 0 Å². The molecule has 2 rings (SSSR count). The van der Waals surface area contributed by atoms with Crippen LogP contribution in [0.2, 0.25) is 0 Å². The summed E-state index contributed by atoms with van der Waals surface area (Å²) in [6.45, 7) is 3.97. The second kappa shape index (κ2) is 6.11. The van der Waals surface area contributed by atoms with Gasteiger partial charge in [-0.3, -0.25) is 4.79 Å².